The molecule has 0 saturated carbocycles. The van der Waals surface area contributed by atoms with E-state index in [1.165, 1.54) is 0 Å². The van der Waals surface area contributed by atoms with E-state index in [0.29, 0.717) is 21.8 Å². The number of amides is 3. The molecule has 0 saturated heterocycles. The third-order valence-electron chi connectivity index (χ3n) is 6.62. The maximum atomic E-state index is 13.3. The summed E-state index contributed by atoms with van der Waals surface area (Å²) in [6.45, 7) is 4.99. The van der Waals surface area contributed by atoms with E-state index in [9.17, 15) is 33.9 Å². The summed E-state index contributed by atoms with van der Waals surface area (Å²) in [4.78, 5) is 75.9. The predicted molar refractivity (Wildman–Crippen MR) is 178 cm³/mol. The van der Waals surface area contributed by atoms with Gasteiger partial charge in [-0.3, -0.25) is 14.4 Å². The smallest absolute Gasteiger partial charge is 0.341 e. The van der Waals surface area contributed by atoms with Crippen molar-refractivity contribution in [3.8, 4) is 0 Å². The Labute approximate surface area is 277 Å². The molecule has 47 heavy (non-hydrogen) atoms. The van der Waals surface area contributed by atoms with E-state index in [0.717, 1.165) is 41.3 Å². The molecule has 0 aliphatic heterocycles. The van der Waals surface area contributed by atoms with Crippen LogP contribution in [0.15, 0.2) is 77.7 Å². The van der Waals surface area contributed by atoms with Crippen LogP contribution < -0.4 is 16.0 Å². The number of esters is 1. The molecule has 1 atom stereocenters. The highest BCUT2D eigenvalue weighted by Gasteiger charge is 2.28. The first-order valence-corrected chi connectivity index (χ1v) is 15.8. The molecule has 3 aromatic carbocycles. The van der Waals surface area contributed by atoms with E-state index in [1.807, 2.05) is 6.07 Å². The lowest BCUT2D eigenvalue weighted by molar-refractivity contribution is -0.115. The Hall–Kier alpha value is -5.47. The Kier molecular flexibility index (Phi) is 11.1. The molecule has 5 N–H and O–H groups in total. The molecule has 0 fully saturated rings. The summed E-state index contributed by atoms with van der Waals surface area (Å²) in [6, 6.07) is 18.5. The molecule has 0 spiro atoms. The largest absolute Gasteiger partial charge is 0.478 e. The topological polar surface area (TPSA) is 188 Å². The van der Waals surface area contributed by atoms with E-state index in [-0.39, 0.29) is 33.2 Å². The van der Waals surface area contributed by atoms with Crippen LogP contribution in [0.1, 0.15) is 70.5 Å². The quantitative estimate of drug-likeness (QED) is 0.0848. The van der Waals surface area contributed by atoms with Crippen molar-refractivity contribution in [2.45, 2.75) is 30.9 Å². The second kappa shape index (κ2) is 15.2. The molecule has 1 aromatic heterocycles. The van der Waals surface area contributed by atoms with Crippen LogP contribution in [0.5, 0.6) is 0 Å². The lowest BCUT2D eigenvalue weighted by Gasteiger charge is -2.14. The van der Waals surface area contributed by atoms with Gasteiger partial charge in [0.2, 0.25) is 5.91 Å². The van der Waals surface area contributed by atoms with Crippen LogP contribution in [0.2, 0.25) is 0 Å². The number of para-hydroxylation sites is 1. The molecule has 3 amide bonds. The summed E-state index contributed by atoms with van der Waals surface area (Å²) in [5.41, 5.74) is 0.350. The van der Waals surface area contributed by atoms with Gasteiger partial charge in [-0.05, 0) is 74.9 Å². The molecule has 4 rings (SSSR count). The number of rotatable bonds is 12. The van der Waals surface area contributed by atoms with Crippen LogP contribution >= 0.6 is 23.1 Å². The Bertz CT molecular complexity index is 1870. The number of aromatic carboxylic acids is 2. The van der Waals surface area contributed by atoms with E-state index >= 15 is 0 Å². The van der Waals surface area contributed by atoms with E-state index in [1.54, 1.807) is 69.3 Å². The van der Waals surface area contributed by atoms with E-state index in [2.05, 4.69) is 16.0 Å². The molecular formula is C33H29N3O9S2. The van der Waals surface area contributed by atoms with Gasteiger partial charge in [0.25, 0.3) is 11.8 Å². The second-order valence-electron chi connectivity index (χ2n) is 9.90. The van der Waals surface area contributed by atoms with Crippen molar-refractivity contribution in [2.24, 2.45) is 0 Å². The molecule has 4 aromatic rings. The second-order valence-corrected chi connectivity index (χ2v) is 12.3. The maximum Gasteiger partial charge on any atom is 0.341 e. The summed E-state index contributed by atoms with van der Waals surface area (Å²) in [5.74, 6) is -5.14. The minimum atomic E-state index is -1.46. The minimum Gasteiger partial charge on any atom is -0.478 e. The number of thioether (sulfide) groups is 1. The Morgan fingerprint density at radius 1 is 0.809 bits per heavy atom. The highest BCUT2D eigenvalue weighted by atomic mass is 32.2. The standard InChI is InChI=1S/C33H29N3O9S2/c1-4-45-33(44)25-17(2)26(29(39)34-20-9-6-5-7-10-20)47-30(25)36-27(37)18(3)46-22-12-8-11-21(16-22)35-28(38)23-14-13-19(31(40)41)15-24(23)32(42)43/h5-16,18H,4H2,1-3H3,(H,34,39)(H,35,38)(H,36,37)(H,40,41)(H,42,43). The maximum absolute atomic E-state index is 13.3. The number of carbonyl (C=O) groups excluding carboxylic acids is 4. The first-order valence-electron chi connectivity index (χ1n) is 14.1. The van der Waals surface area contributed by atoms with Gasteiger partial charge in [-0.15, -0.1) is 23.1 Å². The van der Waals surface area contributed by atoms with Crippen LogP contribution in [-0.2, 0) is 9.53 Å². The molecule has 1 unspecified atom stereocenters. The fraction of sp³-hybridized carbons (Fsp3) is 0.152. The summed E-state index contributed by atoms with van der Waals surface area (Å²) in [5, 5.41) is 26.3. The summed E-state index contributed by atoms with van der Waals surface area (Å²) in [6.07, 6.45) is 0. The molecule has 1 heterocycles. The van der Waals surface area contributed by atoms with Gasteiger partial charge in [0.1, 0.15) is 5.00 Å². The molecule has 12 nitrogen and oxygen atoms in total. The first kappa shape index (κ1) is 34.4. The van der Waals surface area contributed by atoms with Crippen molar-refractivity contribution < 1.29 is 43.7 Å². The Morgan fingerprint density at radius 3 is 2.15 bits per heavy atom. The number of thiophene rings is 1. The number of benzene rings is 3. The summed E-state index contributed by atoms with van der Waals surface area (Å²) in [7, 11) is 0. The van der Waals surface area contributed by atoms with Gasteiger partial charge in [0, 0.05) is 16.3 Å². The molecule has 0 aliphatic carbocycles. The van der Waals surface area contributed by atoms with Gasteiger partial charge in [0.15, 0.2) is 0 Å². The number of carbonyl (C=O) groups is 6. The van der Waals surface area contributed by atoms with E-state index in [4.69, 9.17) is 9.84 Å². The number of carboxylic acids is 2. The fourth-order valence-electron chi connectivity index (χ4n) is 4.35. The average molecular weight is 676 g/mol. The van der Waals surface area contributed by atoms with Crippen LogP contribution in [0.3, 0.4) is 0 Å². The van der Waals surface area contributed by atoms with Crippen molar-refractivity contribution in [2.75, 3.05) is 22.6 Å². The van der Waals surface area contributed by atoms with Crippen molar-refractivity contribution in [1.82, 2.24) is 0 Å². The first-order chi connectivity index (χ1) is 22.4. The van der Waals surface area contributed by atoms with Crippen molar-refractivity contribution in [3.05, 3.63) is 105 Å². The van der Waals surface area contributed by atoms with Gasteiger partial charge in [-0.1, -0.05) is 24.3 Å². The molecule has 0 aliphatic rings. The number of hydrogen-bond acceptors (Lipinski definition) is 9. The lowest BCUT2D eigenvalue weighted by atomic mass is 10.0. The Morgan fingerprint density at radius 2 is 1.49 bits per heavy atom. The zero-order valence-corrected chi connectivity index (χ0v) is 26.9. The van der Waals surface area contributed by atoms with Crippen molar-refractivity contribution in [1.29, 1.82) is 0 Å². The molecule has 0 radical (unpaired) electrons. The van der Waals surface area contributed by atoms with Crippen LogP contribution in [-0.4, -0.2) is 57.7 Å². The van der Waals surface area contributed by atoms with E-state index < -0.39 is 46.4 Å². The third-order valence-corrected chi connectivity index (χ3v) is 8.92. The number of ether oxygens (including phenoxy) is 1. The van der Waals surface area contributed by atoms with Gasteiger partial charge in [-0.25, -0.2) is 14.4 Å². The van der Waals surface area contributed by atoms with Crippen LogP contribution in [0, 0.1) is 6.92 Å². The predicted octanol–water partition coefficient (Wildman–Crippen LogP) is 6.25. The van der Waals surface area contributed by atoms with Gasteiger partial charge in [-0.2, -0.15) is 0 Å². The highest BCUT2D eigenvalue weighted by Crippen LogP contribution is 2.35. The minimum absolute atomic E-state index is 0.0856. The zero-order chi connectivity index (χ0) is 34.2. The van der Waals surface area contributed by atoms with Crippen molar-refractivity contribution in [3.63, 3.8) is 0 Å². The van der Waals surface area contributed by atoms with Crippen LogP contribution in [0.25, 0.3) is 0 Å². The normalized spacial score (nSPS) is 11.2. The molecule has 14 heteroatoms. The highest BCUT2D eigenvalue weighted by molar-refractivity contribution is 8.00. The van der Waals surface area contributed by atoms with Gasteiger partial charge < -0.3 is 30.9 Å². The molecule has 0 bridgehead atoms. The van der Waals surface area contributed by atoms with Crippen LogP contribution in [0.4, 0.5) is 16.4 Å². The van der Waals surface area contributed by atoms with Gasteiger partial charge >= 0.3 is 17.9 Å². The fourth-order valence-corrected chi connectivity index (χ4v) is 6.36. The monoisotopic (exact) mass is 675 g/mol. The Balaban J connectivity index is 1.49. The number of nitrogens with one attached hydrogen (secondary N) is 3. The third kappa shape index (κ3) is 8.42. The van der Waals surface area contributed by atoms with Crippen molar-refractivity contribution >= 4 is 75.1 Å². The number of anilines is 3. The molecule has 242 valence electrons. The number of hydrogen-bond donors (Lipinski definition) is 5. The van der Waals surface area contributed by atoms with Gasteiger partial charge in [0.05, 0.1) is 39.0 Å². The lowest BCUT2D eigenvalue weighted by Crippen LogP contribution is -2.23. The summed E-state index contributed by atoms with van der Waals surface area (Å²) < 4.78 is 5.20. The summed E-state index contributed by atoms with van der Waals surface area (Å²) >= 11 is 2.11. The average Bonchev–Trinajstić information content (AvgIpc) is 3.36. The number of carboxylic acid groups (broad SMARTS) is 2. The zero-order valence-electron chi connectivity index (χ0n) is 25.3. The SMILES string of the molecule is CCOC(=O)c1c(NC(=O)C(C)Sc2cccc(NC(=O)c3ccc(C(=O)O)cc3C(=O)O)c2)sc(C(=O)Nc2ccccc2)c1C. The molecular weight excluding hydrogens is 647 g/mol.